The van der Waals surface area contributed by atoms with Gasteiger partial charge in [-0.15, -0.1) is 0 Å². The minimum atomic E-state index is -0.342. The van der Waals surface area contributed by atoms with E-state index >= 15 is 0 Å². The fourth-order valence-corrected chi connectivity index (χ4v) is 2.10. The van der Waals surface area contributed by atoms with E-state index in [1.165, 1.54) is 0 Å². The maximum absolute atomic E-state index is 12.1. The largest absolute Gasteiger partial charge is 0.397 e. The van der Waals surface area contributed by atoms with Crippen molar-refractivity contribution >= 4 is 40.5 Å². The number of hydrogen-bond donors (Lipinski definition) is 2. The molecule has 0 aromatic heterocycles. The van der Waals surface area contributed by atoms with Crippen LogP contribution in [0.2, 0.25) is 10.0 Å². The Bertz CT molecular complexity index is 641. The van der Waals surface area contributed by atoms with Gasteiger partial charge in [-0.25, -0.2) is 0 Å². The van der Waals surface area contributed by atoms with Gasteiger partial charge in [0.05, 0.1) is 27.0 Å². The molecule has 5 heteroatoms. The Morgan fingerprint density at radius 2 is 1.89 bits per heavy atom. The van der Waals surface area contributed by atoms with Crippen LogP contribution in [0, 0.1) is 6.92 Å². The molecule has 0 atom stereocenters. The lowest BCUT2D eigenvalue weighted by Crippen LogP contribution is -2.14. The standard InChI is InChI=1S/C14H12Cl2N2O/c1-8-5-6-12(11(16)7-8)18-14(19)9-3-2-4-10(15)13(9)17/h2-7H,17H2,1H3,(H,18,19). The smallest absolute Gasteiger partial charge is 0.257 e. The van der Waals surface area contributed by atoms with Crippen LogP contribution in [0.5, 0.6) is 0 Å². The molecule has 2 aromatic rings. The summed E-state index contributed by atoms with van der Waals surface area (Å²) in [6.45, 7) is 1.92. The molecule has 2 rings (SSSR count). The molecule has 0 fully saturated rings. The molecule has 3 N–H and O–H groups in total. The molecule has 2 aromatic carbocycles. The summed E-state index contributed by atoms with van der Waals surface area (Å²) < 4.78 is 0. The Balaban J connectivity index is 2.28. The summed E-state index contributed by atoms with van der Waals surface area (Å²) in [4.78, 5) is 12.1. The van der Waals surface area contributed by atoms with Crippen molar-refractivity contribution in [2.24, 2.45) is 0 Å². The molecule has 0 bridgehead atoms. The number of anilines is 2. The molecular formula is C14H12Cl2N2O. The molecule has 0 radical (unpaired) electrons. The van der Waals surface area contributed by atoms with Gasteiger partial charge in [0.1, 0.15) is 0 Å². The second kappa shape index (κ2) is 5.51. The van der Waals surface area contributed by atoms with Crippen molar-refractivity contribution in [2.45, 2.75) is 6.92 Å². The highest BCUT2D eigenvalue weighted by Gasteiger charge is 2.13. The molecule has 0 saturated heterocycles. The molecular weight excluding hydrogens is 283 g/mol. The normalized spacial score (nSPS) is 10.3. The number of para-hydroxylation sites is 1. The maximum Gasteiger partial charge on any atom is 0.257 e. The van der Waals surface area contributed by atoms with E-state index in [1.807, 2.05) is 13.0 Å². The molecule has 3 nitrogen and oxygen atoms in total. The van der Waals surface area contributed by atoms with Gasteiger partial charge in [-0.2, -0.15) is 0 Å². The zero-order valence-corrected chi connectivity index (χ0v) is 11.7. The van der Waals surface area contributed by atoms with Crippen molar-refractivity contribution in [1.29, 1.82) is 0 Å². The van der Waals surface area contributed by atoms with Gasteiger partial charge in [0.15, 0.2) is 0 Å². The second-order valence-electron chi connectivity index (χ2n) is 4.14. The fourth-order valence-electron chi connectivity index (χ4n) is 1.65. The summed E-state index contributed by atoms with van der Waals surface area (Å²) in [7, 11) is 0. The first-order valence-corrected chi connectivity index (χ1v) is 6.36. The van der Waals surface area contributed by atoms with Crippen LogP contribution in [0.1, 0.15) is 15.9 Å². The first-order chi connectivity index (χ1) is 8.99. The summed E-state index contributed by atoms with van der Waals surface area (Å²) in [5, 5.41) is 3.54. The number of carbonyl (C=O) groups excluding carboxylic acids is 1. The number of benzene rings is 2. The average molecular weight is 295 g/mol. The van der Waals surface area contributed by atoms with Crippen LogP contribution in [0.15, 0.2) is 36.4 Å². The molecule has 0 aliphatic heterocycles. The van der Waals surface area contributed by atoms with Crippen molar-refractivity contribution in [3.8, 4) is 0 Å². The molecule has 1 amide bonds. The van der Waals surface area contributed by atoms with Crippen LogP contribution in [0.25, 0.3) is 0 Å². The van der Waals surface area contributed by atoms with Crippen LogP contribution in [0.4, 0.5) is 11.4 Å². The zero-order chi connectivity index (χ0) is 14.0. The topological polar surface area (TPSA) is 55.1 Å². The summed E-state index contributed by atoms with van der Waals surface area (Å²) in [5.41, 5.74) is 7.91. The van der Waals surface area contributed by atoms with Crippen molar-refractivity contribution in [2.75, 3.05) is 11.1 Å². The van der Waals surface area contributed by atoms with Gasteiger partial charge in [0.25, 0.3) is 5.91 Å². The Hall–Kier alpha value is -1.71. The molecule has 0 unspecified atom stereocenters. The Morgan fingerprint density at radius 1 is 1.16 bits per heavy atom. The minimum absolute atomic E-state index is 0.255. The SMILES string of the molecule is Cc1ccc(NC(=O)c2cccc(Cl)c2N)c(Cl)c1. The number of carbonyl (C=O) groups is 1. The van der Waals surface area contributed by atoms with E-state index in [-0.39, 0.29) is 11.6 Å². The number of nitrogens with two attached hydrogens (primary N) is 1. The average Bonchev–Trinajstić information content (AvgIpc) is 2.36. The maximum atomic E-state index is 12.1. The molecule has 0 saturated carbocycles. The molecule has 0 aliphatic carbocycles. The molecule has 19 heavy (non-hydrogen) atoms. The van der Waals surface area contributed by atoms with Gasteiger partial charge in [0.2, 0.25) is 0 Å². The predicted octanol–water partition coefficient (Wildman–Crippen LogP) is 4.14. The van der Waals surface area contributed by atoms with E-state index in [2.05, 4.69) is 5.32 Å². The van der Waals surface area contributed by atoms with Gasteiger partial charge in [-0.1, -0.05) is 35.3 Å². The van der Waals surface area contributed by atoms with Gasteiger partial charge < -0.3 is 11.1 Å². The van der Waals surface area contributed by atoms with Crippen molar-refractivity contribution in [1.82, 2.24) is 0 Å². The monoisotopic (exact) mass is 294 g/mol. The van der Waals surface area contributed by atoms with Gasteiger partial charge in [0, 0.05) is 0 Å². The Morgan fingerprint density at radius 3 is 2.58 bits per heavy atom. The summed E-state index contributed by atoms with van der Waals surface area (Å²) in [6, 6.07) is 10.3. The number of rotatable bonds is 2. The highest BCUT2D eigenvalue weighted by atomic mass is 35.5. The first-order valence-electron chi connectivity index (χ1n) is 5.60. The summed E-state index contributed by atoms with van der Waals surface area (Å²) in [5.74, 6) is -0.342. The summed E-state index contributed by atoms with van der Waals surface area (Å²) >= 11 is 11.9. The van der Waals surface area contributed by atoms with Crippen LogP contribution in [-0.2, 0) is 0 Å². The van der Waals surface area contributed by atoms with Gasteiger partial charge in [-0.05, 0) is 36.8 Å². The summed E-state index contributed by atoms with van der Waals surface area (Å²) in [6.07, 6.45) is 0. The van der Waals surface area contributed by atoms with Gasteiger partial charge in [-0.3, -0.25) is 4.79 Å². The van der Waals surface area contributed by atoms with Crippen molar-refractivity contribution in [3.05, 3.63) is 57.6 Å². The predicted molar refractivity (Wildman–Crippen MR) is 80.0 cm³/mol. The van der Waals surface area contributed by atoms with E-state index in [9.17, 15) is 4.79 Å². The van der Waals surface area contributed by atoms with Gasteiger partial charge >= 0.3 is 0 Å². The number of hydrogen-bond acceptors (Lipinski definition) is 2. The third-order valence-corrected chi connectivity index (χ3v) is 3.31. The lowest BCUT2D eigenvalue weighted by Gasteiger charge is -2.10. The molecule has 0 heterocycles. The van der Waals surface area contributed by atoms with E-state index in [0.717, 1.165) is 5.56 Å². The number of aryl methyl sites for hydroxylation is 1. The quantitative estimate of drug-likeness (QED) is 0.818. The molecule has 0 spiro atoms. The first kappa shape index (κ1) is 13.7. The Labute approximate surface area is 121 Å². The lowest BCUT2D eigenvalue weighted by atomic mass is 10.1. The van der Waals surface area contributed by atoms with Crippen LogP contribution in [0.3, 0.4) is 0 Å². The van der Waals surface area contributed by atoms with Crippen molar-refractivity contribution in [3.63, 3.8) is 0 Å². The van der Waals surface area contributed by atoms with E-state index in [4.69, 9.17) is 28.9 Å². The molecule has 98 valence electrons. The lowest BCUT2D eigenvalue weighted by molar-refractivity contribution is 0.102. The van der Waals surface area contributed by atoms with E-state index < -0.39 is 0 Å². The van der Waals surface area contributed by atoms with E-state index in [0.29, 0.717) is 21.3 Å². The minimum Gasteiger partial charge on any atom is -0.397 e. The fraction of sp³-hybridized carbons (Fsp3) is 0.0714. The highest BCUT2D eigenvalue weighted by molar-refractivity contribution is 6.35. The Kier molecular flexibility index (Phi) is 3.98. The van der Waals surface area contributed by atoms with E-state index in [1.54, 1.807) is 30.3 Å². The zero-order valence-electron chi connectivity index (χ0n) is 10.2. The molecule has 0 aliphatic rings. The van der Waals surface area contributed by atoms with Crippen LogP contribution >= 0.6 is 23.2 Å². The number of nitrogen functional groups attached to an aromatic ring is 1. The van der Waals surface area contributed by atoms with Crippen molar-refractivity contribution < 1.29 is 4.79 Å². The number of nitrogens with one attached hydrogen (secondary N) is 1. The third-order valence-electron chi connectivity index (χ3n) is 2.67. The van der Waals surface area contributed by atoms with Crippen LogP contribution in [-0.4, -0.2) is 5.91 Å². The third kappa shape index (κ3) is 3.00. The second-order valence-corrected chi connectivity index (χ2v) is 4.95. The van der Waals surface area contributed by atoms with Crippen LogP contribution < -0.4 is 11.1 Å². The number of amides is 1. The number of halogens is 2. The highest BCUT2D eigenvalue weighted by Crippen LogP contribution is 2.26.